The summed E-state index contributed by atoms with van der Waals surface area (Å²) in [6, 6.07) is 0. The average molecular weight is 230 g/mol. The molecule has 0 bridgehead atoms. The van der Waals surface area contributed by atoms with E-state index >= 15 is 0 Å². The lowest BCUT2D eigenvalue weighted by atomic mass is 10.1. The molecule has 0 aliphatic rings. The molecule has 0 heterocycles. The Morgan fingerprint density at radius 3 is 2.38 bits per heavy atom. The minimum atomic E-state index is 0.220. The minimum Gasteiger partial charge on any atom is -0.383 e. The second-order valence-corrected chi connectivity index (χ2v) is 5.62. The maximum absolute atomic E-state index is 5.11. The molecule has 1 unspecified atom stereocenters. The zero-order valence-electron chi connectivity index (χ0n) is 12.0. The van der Waals surface area contributed by atoms with Crippen LogP contribution in [0.5, 0.6) is 0 Å². The summed E-state index contributed by atoms with van der Waals surface area (Å²) in [4.78, 5) is 2.44. The van der Waals surface area contributed by atoms with Gasteiger partial charge in [-0.3, -0.25) is 0 Å². The van der Waals surface area contributed by atoms with Crippen LogP contribution in [0.25, 0.3) is 0 Å². The van der Waals surface area contributed by atoms with Gasteiger partial charge in [-0.05, 0) is 39.8 Å². The van der Waals surface area contributed by atoms with Crippen LogP contribution in [-0.4, -0.2) is 50.3 Å². The number of nitrogens with zero attached hydrogens (tertiary/aromatic N) is 1. The molecule has 16 heavy (non-hydrogen) atoms. The highest BCUT2D eigenvalue weighted by molar-refractivity contribution is 4.73. The predicted octanol–water partition coefficient (Wildman–Crippen LogP) is 1.98. The highest BCUT2D eigenvalue weighted by Gasteiger charge is 2.13. The number of nitrogens with one attached hydrogen (secondary N) is 1. The number of rotatable bonds is 8. The fourth-order valence-corrected chi connectivity index (χ4v) is 1.58. The molecule has 3 heteroatoms. The first-order chi connectivity index (χ1) is 7.39. The summed E-state index contributed by atoms with van der Waals surface area (Å²) in [6.07, 6.45) is 0. The van der Waals surface area contributed by atoms with Gasteiger partial charge in [0.1, 0.15) is 0 Å². The molecule has 0 aliphatic carbocycles. The highest BCUT2D eigenvalue weighted by atomic mass is 16.5. The number of likely N-dealkylation sites (N-methyl/N-ethyl adjacent to an activating group) is 1. The first kappa shape index (κ1) is 15.9. The third kappa shape index (κ3) is 9.13. The first-order valence-corrected chi connectivity index (χ1v) is 6.35. The van der Waals surface area contributed by atoms with Crippen molar-refractivity contribution in [2.75, 3.05) is 39.9 Å². The summed E-state index contributed by atoms with van der Waals surface area (Å²) in [5, 5.41) is 3.55. The Morgan fingerprint density at radius 1 is 1.31 bits per heavy atom. The molecule has 0 aromatic rings. The molecule has 0 fully saturated rings. The van der Waals surface area contributed by atoms with E-state index in [-0.39, 0.29) is 5.54 Å². The molecule has 1 atom stereocenters. The number of methoxy groups -OCH3 is 1. The first-order valence-electron chi connectivity index (χ1n) is 6.35. The Kier molecular flexibility index (Phi) is 7.98. The van der Waals surface area contributed by atoms with Crippen LogP contribution in [0.15, 0.2) is 0 Å². The molecule has 0 amide bonds. The molecule has 3 nitrogen and oxygen atoms in total. The Hall–Kier alpha value is -0.120. The molecular weight excluding hydrogens is 200 g/mol. The van der Waals surface area contributed by atoms with Crippen LogP contribution in [-0.2, 0) is 4.74 Å². The average Bonchev–Trinajstić information content (AvgIpc) is 2.20. The predicted molar refractivity (Wildman–Crippen MR) is 70.9 cm³/mol. The van der Waals surface area contributed by atoms with Gasteiger partial charge in [-0.1, -0.05) is 13.8 Å². The van der Waals surface area contributed by atoms with Crippen LogP contribution in [0.4, 0.5) is 0 Å². The molecule has 0 aliphatic heterocycles. The van der Waals surface area contributed by atoms with Crippen molar-refractivity contribution in [1.82, 2.24) is 10.2 Å². The van der Waals surface area contributed by atoms with Gasteiger partial charge in [-0.25, -0.2) is 0 Å². The fraction of sp³-hybridized carbons (Fsp3) is 1.00. The number of hydrogen-bond donors (Lipinski definition) is 1. The van der Waals surface area contributed by atoms with Crippen LogP contribution in [0, 0.1) is 5.92 Å². The van der Waals surface area contributed by atoms with Gasteiger partial charge in [-0.15, -0.1) is 0 Å². The Labute approximate surface area is 102 Å². The van der Waals surface area contributed by atoms with Crippen molar-refractivity contribution in [2.45, 2.75) is 40.2 Å². The van der Waals surface area contributed by atoms with Crippen molar-refractivity contribution in [3.05, 3.63) is 0 Å². The minimum absolute atomic E-state index is 0.220. The highest BCUT2D eigenvalue weighted by Crippen LogP contribution is 2.03. The summed E-state index contributed by atoms with van der Waals surface area (Å²) < 4.78 is 5.11. The van der Waals surface area contributed by atoms with Crippen molar-refractivity contribution in [1.29, 1.82) is 0 Å². The molecule has 0 saturated heterocycles. The topological polar surface area (TPSA) is 24.5 Å². The molecule has 1 N–H and O–H groups in total. The standard InChI is InChI=1S/C13H30N2O/c1-7-15(8-9-16-6)11-12(2)10-14-13(3,4)5/h12,14H,7-11H2,1-6H3. The van der Waals surface area contributed by atoms with Crippen LogP contribution in [0.2, 0.25) is 0 Å². The van der Waals surface area contributed by atoms with Crippen LogP contribution < -0.4 is 5.32 Å². The van der Waals surface area contributed by atoms with E-state index in [1.54, 1.807) is 7.11 Å². The van der Waals surface area contributed by atoms with E-state index in [1.807, 2.05) is 0 Å². The Balaban J connectivity index is 3.77. The summed E-state index contributed by atoms with van der Waals surface area (Å²) in [5.41, 5.74) is 0.220. The lowest BCUT2D eigenvalue weighted by Gasteiger charge is -2.27. The van der Waals surface area contributed by atoms with Gasteiger partial charge in [0, 0.05) is 25.7 Å². The molecule has 98 valence electrons. The Morgan fingerprint density at radius 2 is 1.94 bits per heavy atom. The van der Waals surface area contributed by atoms with E-state index in [0.717, 1.165) is 32.8 Å². The van der Waals surface area contributed by atoms with E-state index in [1.165, 1.54) is 0 Å². The molecular formula is C13H30N2O. The third-order valence-electron chi connectivity index (χ3n) is 2.61. The van der Waals surface area contributed by atoms with Crippen molar-refractivity contribution < 1.29 is 4.74 Å². The fourth-order valence-electron chi connectivity index (χ4n) is 1.58. The monoisotopic (exact) mass is 230 g/mol. The van der Waals surface area contributed by atoms with Crippen molar-refractivity contribution in [3.8, 4) is 0 Å². The lowest BCUT2D eigenvalue weighted by Crippen LogP contribution is -2.42. The zero-order chi connectivity index (χ0) is 12.6. The van der Waals surface area contributed by atoms with Crippen molar-refractivity contribution >= 4 is 0 Å². The van der Waals surface area contributed by atoms with Gasteiger partial charge in [0.2, 0.25) is 0 Å². The van der Waals surface area contributed by atoms with Crippen LogP contribution in [0.1, 0.15) is 34.6 Å². The quantitative estimate of drug-likeness (QED) is 0.690. The van der Waals surface area contributed by atoms with Crippen LogP contribution >= 0.6 is 0 Å². The molecule has 0 aromatic carbocycles. The van der Waals surface area contributed by atoms with E-state index in [2.05, 4.69) is 44.8 Å². The SMILES string of the molecule is CCN(CCOC)CC(C)CNC(C)(C)C. The van der Waals surface area contributed by atoms with Gasteiger partial charge >= 0.3 is 0 Å². The molecule has 0 saturated carbocycles. The lowest BCUT2D eigenvalue weighted by molar-refractivity contribution is 0.140. The zero-order valence-corrected chi connectivity index (χ0v) is 12.0. The molecule has 0 radical (unpaired) electrons. The van der Waals surface area contributed by atoms with Gasteiger partial charge in [0.05, 0.1) is 6.61 Å². The molecule has 0 aromatic heterocycles. The summed E-state index contributed by atoms with van der Waals surface area (Å²) in [6.45, 7) is 16.3. The van der Waals surface area contributed by atoms with Crippen LogP contribution in [0.3, 0.4) is 0 Å². The van der Waals surface area contributed by atoms with Gasteiger partial charge in [0.25, 0.3) is 0 Å². The van der Waals surface area contributed by atoms with E-state index in [0.29, 0.717) is 5.92 Å². The van der Waals surface area contributed by atoms with E-state index in [4.69, 9.17) is 4.74 Å². The number of hydrogen-bond acceptors (Lipinski definition) is 3. The maximum Gasteiger partial charge on any atom is 0.0589 e. The Bertz CT molecular complexity index is 166. The normalized spacial score (nSPS) is 14.4. The summed E-state index contributed by atoms with van der Waals surface area (Å²) in [5.74, 6) is 0.677. The summed E-state index contributed by atoms with van der Waals surface area (Å²) in [7, 11) is 1.76. The van der Waals surface area contributed by atoms with Gasteiger partial charge in [-0.2, -0.15) is 0 Å². The van der Waals surface area contributed by atoms with Gasteiger partial charge in [0.15, 0.2) is 0 Å². The third-order valence-corrected chi connectivity index (χ3v) is 2.61. The maximum atomic E-state index is 5.11. The largest absolute Gasteiger partial charge is 0.383 e. The smallest absolute Gasteiger partial charge is 0.0589 e. The van der Waals surface area contributed by atoms with E-state index < -0.39 is 0 Å². The molecule has 0 spiro atoms. The second kappa shape index (κ2) is 8.04. The molecule has 0 rings (SSSR count). The number of ether oxygens (including phenoxy) is 1. The van der Waals surface area contributed by atoms with E-state index in [9.17, 15) is 0 Å². The second-order valence-electron chi connectivity index (χ2n) is 5.62. The van der Waals surface area contributed by atoms with Crippen molar-refractivity contribution in [3.63, 3.8) is 0 Å². The van der Waals surface area contributed by atoms with Gasteiger partial charge < -0.3 is 15.0 Å². The summed E-state index contributed by atoms with van der Waals surface area (Å²) >= 11 is 0. The van der Waals surface area contributed by atoms with Crippen molar-refractivity contribution in [2.24, 2.45) is 5.92 Å².